The van der Waals surface area contributed by atoms with E-state index in [4.69, 9.17) is 5.11 Å². The van der Waals surface area contributed by atoms with Crippen molar-refractivity contribution in [2.45, 2.75) is 46.1 Å². The molecule has 0 aromatic rings. The quantitative estimate of drug-likeness (QED) is 0.767. The summed E-state index contributed by atoms with van der Waals surface area (Å²) in [5, 5.41) is 11.8. The van der Waals surface area contributed by atoms with Crippen molar-refractivity contribution < 1.29 is 14.7 Å². The van der Waals surface area contributed by atoms with Crippen LogP contribution in [-0.4, -0.2) is 22.5 Å². The van der Waals surface area contributed by atoms with E-state index in [2.05, 4.69) is 12.2 Å². The van der Waals surface area contributed by atoms with Crippen molar-refractivity contribution >= 4 is 11.9 Å². The minimum Gasteiger partial charge on any atom is -0.480 e. The maximum Gasteiger partial charge on any atom is 0.329 e. The lowest BCUT2D eigenvalue weighted by Gasteiger charge is -2.36. The Morgan fingerprint density at radius 1 is 1.38 bits per heavy atom. The smallest absolute Gasteiger partial charge is 0.329 e. The van der Waals surface area contributed by atoms with Gasteiger partial charge in [-0.05, 0) is 31.6 Å². The fourth-order valence-corrected chi connectivity index (χ4v) is 1.92. The van der Waals surface area contributed by atoms with Gasteiger partial charge in [0.1, 0.15) is 5.54 Å². The molecule has 1 aliphatic carbocycles. The first kappa shape index (κ1) is 13.0. The lowest BCUT2D eigenvalue weighted by atomic mass is 9.75. The molecule has 2 N–H and O–H groups in total. The molecule has 1 saturated carbocycles. The molecule has 4 nitrogen and oxygen atoms in total. The summed E-state index contributed by atoms with van der Waals surface area (Å²) in [5.41, 5.74) is -1.16. The Balaban J connectivity index is 2.63. The largest absolute Gasteiger partial charge is 0.480 e. The van der Waals surface area contributed by atoms with E-state index >= 15 is 0 Å². The van der Waals surface area contributed by atoms with Gasteiger partial charge < -0.3 is 10.4 Å². The Bertz CT molecular complexity index is 295. The van der Waals surface area contributed by atoms with Crippen LogP contribution in [0.1, 0.15) is 40.5 Å². The zero-order chi connectivity index (χ0) is 12.5. The third-order valence-electron chi connectivity index (χ3n) is 3.73. The van der Waals surface area contributed by atoms with E-state index in [-0.39, 0.29) is 17.7 Å². The predicted molar refractivity (Wildman–Crippen MR) is 60.9 cm³/mol. The number of aliphatic carboxylic acids is 1. The molecule has 0 saturated heterocycles. The van der Waals surface area contributed by atoms with Gasteiger partial charge in [-0.1, -0.05) is 20.8 Å². The highest BCUT2D eigenvalue weighted by Gasteiger charge is 2.41. The number of carbonyl (C=O) groups is 2. The molecule has 1 rings (SSSR count). The molecule has 1 fully saturated rings. The third kappa shape index (κ3) is 2.36. The molecule has 1 amide bonds. The van der Waals surface area contributed by atoms with Gasteiger partial charge in [0.05, 0.1) is 0 Å². The van der Waals surface area contributed by atoms with Crippen molar-refractivity contribution in [3.8, 4) is 0 Å². The molecule has 1 atom stereocenters. The summed E-state index contributed by atoms with van der Waals surface area (Å²) >= 11 is 0. The van der Waals surface area contributed by atoms with Crippen LogP contribution in [0.5, 0.6) is 0 Å². The number of carboxylic acids is 1. The van der Waals surface area contributed by atoms with E-state index in [9.17, 15) is 9.59 Å². The van der Waals surface area contributed by atoms with Crippen molar-refractivity contribution in [1.82, 2.24) is 5.32 Å². The number of hydrogen-bond acceptors (Lipinski definition) is 2. The molecule has 1 unspecified atom stereocenters. The first-order valence-corrected chi connectivity index (χ1v) is 5.82. The van der Waals surface area contributed by atoms with Crippen LogP contribution < -0.4 is 5.32 Å². The van der Waals surface area contributed by atoms with Crippen molar-refractivity contribution in [2.24, 2.45) is 17.8 Å². The van der Waals surface area contributed by atoms with E-state index in [1.807, 2.05) is 0 Å². The van der Waals surface area contributed by atoms with Gasteiger partial charge in [0.2, 0.25) is 5.91 Å². The summed E-state index contributed by atoms with van der Waals surface area (Å²) in [4.78, 5) is 23.0. The topological polar surface area (TPSA) is 66.4 Å². The second-order valence-electron chi connectivity index (χ2n) is 5.42. The van der Waals surface area contributed by atoms with Crippen LogP contribution in [0.4, 0.5) is 0 Å². The molecule has 4 heteroatoms. The van der Waals surface area contributed by atoms with Crippen LogP contribution in [0.15, 0.2) is 0 Å². The van der Waals surface area contributed by atoms with Gasteiger partial charge in [0, 0.05) is 5.92 Å². The summed E-state index contributed by atoms with van der Waals surface area (Å²) < 4.78 is 0. The molecule has 0 spiro atoms. The molecule has 0 heterocycles. The summed E-state index contributed by atoms with van der Waals surface area (Å²) in [6, 6.07) is 0. The van der Waals surface area contributed by atoms with Crippen molar-refractivity contribution in [3.05, 3.63) is 0 Å². The number of carbonyl (C=O) groups excluding carboxylic acids is 1. The first-order chi connectivity index (χ1) is 7.27. The SMILES string of the molecule is CC1CC(C(=O)NC(C)(C(=O)O)C(C)C)C1. The summed E-state index contributed by atoms with van der Waals surface area (Å²) in [7, 11) is 0. The van der Waals surface area contributed by atoms with Gasteiger partial charge in [0.25, 0.3) is 0 Å². The molecular weight excluding hydrogens is 206 g/mol. The molecule has 92 valence electrons. The van der Waals surface area contributed by atoms with Crippen molar-refractivity contribution in [2.75, 3.05) is 0 Å². The van der Waals surface area contributed by atoms with Gasteiger partial charge in [-0.15, -0.1) is 0 Å². The Morgan fingerprint density at radius 3 is 2.19 bits per heavy atom. The van der Waals surface area contributed by atoms with Gasteiger partial charge >= 0.3 is 5.97 Å². The van der Waals surface area contributed by atoms with Crippen molar-refractivity contribution in [1.29, 1.82) is 0 Å². The minimum atomic E-state index is -1.16. The maximum absolute atomic E-state index is 11.8. The highest BCUT2D eigenvalue weighted by atomic mass is 16.4. The van der Waals surface area contributed by atoms with E-state index in [1.54, 1.807) is 20.8 Å². The zero-order valence-electron chi connectivity index (χ0n) is 10.4. The number of rotatable bonds is 4. The van der Waals surface area contributed by atoms with Crippen LogP contribution in [0.3, 0.4) is 0 Å². The van der Waals surface area contributed by atoms with Gasteiger partial charge in [-0.25, -0.2) is 4.79 Å². The molecule has 16 heavy (non-hydrogen) atoms. The van der Waals surface area contributed by atoms with Crippen LogP contribution in [0.2, 0.25) is 0 Å². The van der Waals surface area contributed by atoms with Gasteiger partial charge in [-0.2, -0.15) is 0 Å². The Morgan fingerprint density at radius 2 is 1.88 bits per heavy atom. The summed E-state index contributed by atoms with van der Waals surface area (Å²) in [5.74, 6) is -0.621. The van der Waals surface area contributed by atoms with Crippen LogP contribution in [-0.2, 0) is 9.59 Å². The Kier molecular flexibility index (Phi) is 3.61. The molecule has 0 aromatic carbocycles. The fraction of sp³-hybridized carbons (Fsp3) is 0.833. The average molecular weight is 227 g/mol. The number of amides is 1. The fourth-order valence-electron chi connectivity index (χ4n) is 1.92. The Hall–Kier alpha value is -1.06. The van der Waals surface area contributed by atoms with E-state index in [1.165, 1.54) is 0 Å². The summed E-state index contributed by atoms with van der Waals surface area (Å²) in [6.45, 7) is 7.28. The summed E-state index contributed by atoms with van der Waals surface area (Å²) in [6.07, 6.45) is 1.75. The lowest BCUT2D eigenvalue weighted by Crippen LogP contribution is -2.58. The third-order valence-corrected chi connectivity index (χ3v) is 3.73. The predicted octanol–water partition coefficient (Wildman–Crippen LogP) is 1.65. The molecule has 1 aliphatic rings. The van der Waals surface area contributed by atoms with Gasteiger partial charge in [-0.3, -0.25) is 4.79 Å². The molecule has 0 aliphatic heterocycles. The molecular formula is C12H21NO3. The standard InChI is InChI=1S/C12H21NO3/c1-7(2)12(4,11(15)16)13-10(14)9-5-8(3)6-9/h7-9H,5-6H2,1-4H3,(H,13,14)(H,15,16). The second-order valence-corrected chi connectivity index (χ2v) is 5.42. The van der Waals surface area contributed by atoms with E-state index in [0.717, 1.165) is 12.8 Å². The second kappa shape index (κ2) is 4.44. The number of carboxylic acid groups (broad SMARTS) is 1. The van der Waals surface area contributed by atoms with Crippen LogP contribution in [0.25, 0.3) is 0 Å². The number of nitrogens with one attached hydrogen (secondary N) is 1. The molecule has 0 bridgehead atoms. The highest BCUT2D eigenvalue weighted by molar-refractivity contribution is 5.88. The average Bonchev–Trinajstić information content (AvgIpc) is 2.11. The normalized spacial score (nSPS) is 28.1. The van der Waals surface area contributed by atoms with Gasteiger partial charge in [0.15, 0.2) is 0 Å². The maximum atomic E-state index is 11.8. The van der Waals surface area contributed by atoms with Crippen LogP contribution >= 0.6 is 0 Å². The number of hydrogen-bond donors (Lipinski definition) is 2. The minimum absolute atomic E-state index is 0.00687. The van der Waals surface area contributed by atoms with Crippen LogP contribution in [0, 0.1) is 17.8 Å². The lowest BCUT2D eigenvalue weighted by molar-refractivity contribution is -0.150. The van der Waals surface area contributed by atoms with E-state index < -0.39 is 11.5 Å². The van der Waals surface area contributed by atoms with E-state index in [0.29, 0.717) is 5.92 Å². The first-order valence-electron chi connectivity index (χ1n) is 5.82. The van der Waals surface area contributed by atoms with Crippen molar-refractivity contribution in [3.63, 3.8) is 0 Å². The molecule has 0 aromatic heterocycles. The zero-order valence-corrected chi connectivity index (χ0v) is 10.4. The highest BCUT2D eigenvalue weighted by Crippen LogP contribution is 2.33. The Labute approximate surface area is 96.4 Å². The monoisotopic (exact) mass is 227 g/mol. The molecule has 0 radical (unpaired) electrons.